The van der Waals surface area contributed by atoms with Crippen LogP contribution in [0.15, 0.2) is 30.5 Å². The quantitative estimate of drug-likeness (QED) is 0.528. The van der Waals surface area contributed by atoms with Crippen molar-refractivity contribution in [1.82, 2.24) is 19.7 Å². The second-order valence-corrected chi connectivity index (χ2v) is 12.1. The van der Waals surface area contributed by atoms with Crippen LogP contribution >= 0.6 is 11.3 Å². The summed E-state index contributed by atoms with van der Waals surface area (Å²) in [5.41, 5.74) is 2.55. The second-order valence-electron chi connectivity index (χ2n) is 11.0. The first-order valence-corrected chi connectivity index (χ1v) is 13.4. The molecular formula is C27H41FN4S. The van der Waals surface area contributed by atoms with Crippen LogP contribution in [0.5, 0.6) is 0 Å². The van der Waals surface area contributed by atoms with Crippen LogP contribution in [0.25, 0.3) is 0 Å². The Balaban J connectivity index is 1.48. The zero-order chi connectivity index (χ0) is 23.6. The minimum absolute atomic E-state index is 0.0478. The van der Waals surface area contributed by atoms with Gasteiger partial charge in [0, 0.05) is 67.6 Å². The molecule has 0 amide bonds. The van der Waals surface area contributed by atoms with Gasteiger partial charge in [-0.1, -0.05) is 6.07 Å². The van der Waals surface area contributed by atoms with E-state index in [0.717, 1.165) is 64.3 Å². The van der Waals surface area contributed by atoms with Crippen LogP contribution in [0.3, 0.4) is 0 Å². The van der Waals surface area contributed by atoms with Crippen molar-refractivity contribution in [2.24, 2.45) is 5.41 Å². The summed E-state index contributed by atoms with van der Waals surface area (Å²) >= 11 is 1.32. The van der Waals surface area contributed by atoms with Gasteiger partial charge >= 0.3 is 0 Å². The number of aryl methyl sites for hydroxylation is 2. The van der Waals surface area contributed by atoms with Gasteiger partial charge in [-0.05, 0) is 89.6 Å². The molecule has 0 saturated carbocycles. The van der Waals surface area contributed by atoms with E-state index in [0.29, 0.717) is 6.04 Å². The van der Waals surface area contributed by atoms with Gasteiger partial charge in [-0.3, -0.25) is 14.8 Å². The third kappa shape index (κ3) is 5.84. The van der Waals surface area contributed by atoms with Crippen LogP contribution in [0, 0.1) is 17.5 Å². The maximum absolute atomic E-state index is 13.6. The monoisotopic (exact) mass is 472 g/mol. The lowest BCUT2D eigenvalue weighted by molar-refractivity contribution is 0.0595. The number of rotatable bonds is 8. The van der Waals surface area contributed by atoms with E-state index >= 15 is 0 Å². The maximum Gasteiger partial charge on any atom is 0.176 e. The average Bonchev–Trinajstić information content (AvgIpc) is 3.40. The van der Waals surface area contributed by atoms with E-state index in [2.05, 4.69) is 65.7 Å². The molecule has 4 nitrogen and oxygen atoms in total. The Morgan fingerprint density at radius 3 is 2.45 bits per heavy atom. The highest BCUT2D eigenvalue weighted by molar-refractivity contribution is 7.10. The van der Waals surface area contributed by atoms with Crippen molar-refractivity contribution in [1.29, 1.82) is 0 Å². The first kappa shape index (κ1) is 24.8. The van der Waals surface area contributed by atoms with Crippen molar-refractivity contribution < 1.29 is 4.39 Å². The third-order valence-electron chi connectivity index (χ3n) is 8.07. The van der Waals surface area contributed by atoms with E-state index in [1.807, 2.05) is 13.0 Å². The highest BCUT2D eigenvalue weighted by Gasteiger charge is 2.44. The molecule has 2 aliphatic heterocycles. The summed E-state index contributed by atoms with van der Waals surface area (Å²) in [4.78, 5) is 13.7. The Hall–Kier alpha value is -1.34. The molecule has 0 spiro atoms. The normalized spacial score (nSPS) is 23.6. The maximum atomic E-state index is 13.6. The van der Waals surface area contributed by atoms with Crippen LogP contribution < -0.4 is 0 Å². The van der Waals surface area contributed by atoms with Crippen LogP contribution in [-0.2, 0) is 12.0 Å². The summed E-state index contributed by atoms with van der Waals surface area (Å²) < 4.78 is 13.6. The number of likely N-dealkylation sites (tertiary alicyclic amines) is 1. The summed E-state index contributed by atoms with van der Waals surface area (Å²) in [6.45, 7) is 19.3. The summed E-state index contributed by atoms with van der Waals surface area (Å²) in [5, 5.41) is -0.0649. The Bertz CT molecular complexity index is 901. The lowest BCUT2D eigenvalue weighted by atomic mass is 9.81. The third-order valence-corrected chi connectivity index (χ3v) is 9.01. The molecule has 33 heavy (non-hydrogen) atoms. The van der Waals surface area contributed by atoms with Gasteiger partial charge in [-0.2, -0.15) is 4.39 Å². The average molecular weight is 473 g/mol. The van der Waals surface area contributed by atoms with Gasteiger partial charge in [-0.25, -0.2) is 0 Å². The number of halogens is 1. The highest BCUT2D eigenvalue weighted by Crippen LogP contribution is 2.42. The van der Waals surface area contributed by atoms with Crippen molar-refractivity contribution >= 4 is 11.3 Å². The topological polar surface area (TPSA) is 22.6 Å². The lowest BCUT2D eigenvalue weighted by Crippen LogP contribution is -2.52. The smallest absolute Gasteiger partial charge is 0.176 e. The van der Waals surface area contributed by atoms with Gasteiger partial charge in [0.25, 0.3) is 0 Å². The predicted molar refractivity (Wildman–Crippen MR) is 136 cm³/mol. The molecule has 0 bridgehead atoms. The fourth-order valence-electron chi connectivity index (χ4n) is 5.62. The van der Waals surface area contributed by atoms with Gasteiger partial charge in [0.05, 0.1) is 0 Å². The number of pyridine rings is 1. The molecular weight excluding hydrogens is 431 g/mol. The summed E-state index contributed by atoms with van der Waals surface area (Å²) in [7, 11) is 0. The van der Waals surface area contributed by atoms with E-state index < -0.39 is 0 Å². The number of hydrogen-bond donors (Lipinski definition) is 0. The highest BCUT2D eigenvalue weighted by atomic mass is 32.1. The molecule has 0 radical (unpaired) electrons. The molecule has 0 N–H and O–H groups in total. The second kappa shape index (κ2) is 10.1. The zero-order valence-electron chi connectivity index (χ0n) is 21.1. The van der Waals surface area contributed by atoms with Gasteiger partial charge in [0.2, 0.25) is 0 Å². The van der Waals surface area contributed by atoms with Crippen LogP contribution in [-0.4, -0.2) is 71.5 Å². The van der Waals surface area contributed by atoms with Crippen molar-refractivity contribution in [3.05, 3.63) is 51.7 Å². The minimum Gasteiger partial charge on any atom is -0.300 e. The molecule has 2 fully saturated rings. The van der Waals surface area contributed by atoms with Crippen molar-refractivity contribution in [3.63, 3.8) is 0 Å². The van der Waals surface area contributed by atoms with E-state index in [1.165, 1.54) is 28.2 Å². The number of nitrogens with zero attached hydrogens (tertiary/aromatic N) is 4. The predicted octanol–water partition coefficient (Wildman–Crippen LogP) is 5.18. The van der Waals surface area contributed by atoms with Crippen LogP contribution in [0.2, 0.25) is 0 Å². The van der Waals surface area contributed by atoms with Crippen molar-refractivity contribution in [2.75, 3.05) is 45.8 Å². The fourth-order valence-corrected chi connectivity index (χ4v) is 6.35. The molecule has 2 saturated heterocycles. The molecule has 0 unspecified atom stereocenters. The molecule has 2 aromatic heterocycles. The molecule has 2 aromatic rings. The van der Waals surface area contributed by atoms with E-state index in [4.69, 9.17) is 0 Å². The first-order valence-electron chi connectivity index (χ1n) is 12.6. The molecule has 6 heteroatoms. The fraction of sp³-hybridized carbons (Fsp3) is 0.667. The van der Waals surface area contributed by atoms with Crippen molar-refractivity contribution in [2.45, 2.75) is 65.5 Å². The summed E-state index contributed by atoms with van der Waals surface area (Å²) in [6, 6.07) is 8.58. The number of hydrogen-bond acceptors (Lipinski definition) is 5. The summed E-state index contributed by atoms with van der Waals surface area (Å²) in [5.74, 6) is 0. The SMILES string of the molecule is Cc1ccc(C(C)(C)N2CC[C@@](CCc3ccc(F)s3)(CN3CCN(C(C)C)CC3)C2)cn1. The molecule has 0 aliphatic carbocycles. The molecule has 1 atom stereocenters. The van der Waals surface area contributed by atoms with Gasteiger partial charge < -0.3 is 4.90 Å². The van der Waals surface area contributed by atoms with Gasteiger partial charge in [0.15, 0.2) is 5.13 Å². The lowest BCUT2D eigenvalue weighted by Gasteiger charge is -2.43. The van der Waals surface area contributed by atoms with Gasteiger partial charge in [-0.15, -0.1) is 11.3 Å². The van der Waals surface area contributed by atoms with E-state index in [1.54, 1.807) is 6.07 Å². The molecule has 2 aliphatic rings. The molecule has 4 rings (SSSR count). The molecule has 4 heterocycles. The Morgan fingerprint density at radius 1 is 1.09 bits per heavy atom. The zero-order valence-corrected chi connectivity index (χ0v) is 21.9. The van der Waals surface area contributed by atoms with Gasteiger partial charge in [0.1, 0.15) is 0 Å². The number of aromatic nitrogens is 1. The first-order chi connectivity index (χ1) is 15.7. The summed E-state index contributed by atoms with van der Waals surface area (Å²) in [6.07, 6.45) is 5.35. The van der Waals surface area contributed by atoms with Crippen LogP contribution in [0.4, 0.5) is 4.39 Å². The Morgan fingerprint density at radius 2 is 1.85 bits per heavy atom. The van der Waals surface area contributed by atoms with Crippen LogP contribution in [0.1, 0.15) is 56.7 Å². The standard InChI is InChI=1S/C27H41FN4S/c1-21(2)31-16-14-30(15-17-31)19-27(11-10-24-8-9-25(28)33-24)12-13-32(20-27)26(4,5)23-7-6-22(3)29-18-23/h6-9,18,21H,10-17,19-20H2,1-5H3/t27-/m0/s1. The largest absolute Gasteiger partial charge is 0.300 e. The van der Waals surface area contributed by atoms with Crippen molar-refractivity contribution in [3.8, 4) is 0 Å². The molecule has 182 valence electrons. The number of piperazine rings is 1. The Labute approximate surface area is 203 Å². The van der Waals surface area contributed by atoms with E-state index in [9.17, 15) is 4.39 Å². The van der Waals surface area contributed by atoms with E-state index in [-0.39, 0.29) is 16.1 Å². The number of thiophene rings is 1. The molecule has 0 aromatic carbocycles. The minimum atomic E-state index is -0.0649. The Kier molecular flexibility index (Phi) is 7.59.